The van der Waals surface area contributed by atoms with Crippen molar-refractivity contribution in [1.82, 2.24) is 9.78 Å². The molecule has 2 aromatic rings. The van der Waals surface area contributed by atoms with Gasteiger partial charge in [-0.05, 0) is 18.2 Å². The maximum Gasteiger partial charge on any atom is 0.0960 e. The molecule has 1 heterocycles. The van der Waals surface area contributed by atoms with Crippen molar-refractivity contribution in [2.45, 2.75) is 0 Å². The van der Waals surface area contributed by atoms with Gasteiger partial charge >= 0.3 is 0 Å². The van der Waals surface area contributed by atoms with Crippen LogP contribution in [0.1, 0.15) is 0 Å². The maximum atomic E-state index is 6.03. The molecule has 0 amide bonds. The molecule has 4 heteroatoms. The summed E-state index contributed by atoms with van der Waals surface area (Å²) in [5, 5.41) is 5.40. The summed E-state index contributed by atoms with van der Waals surface area (Å²) in [6.07, 6.45) is 2.91. The topological polar surface area (TPSA) is 17.8 Å². The lowest BCUT2D eigenvalue weighted by Crippen LogP contribution is -1.89. The SMILES string of the molecule is Cn1[c]cc(-c2c(Cl)cccc2Cl)n1. The van der Waals surface area contributed by atoms with E-state index in [1.165, 1.54) is 0 Å². The molecule has 0 N–H and O–H groups in total. The normalized spacial score (nSPS) is 10.5. The molecule has 14 heavy (non-hydrogen) atoms. The minimum Gasteiger partial charge on any atom is -0.266 e. The summed E-state index contributed by atoms with van der Waals surface area (Å²) >= 11 is 12.1. The molecule has 0 saturated heterocycles. The largest absolute Gasteiger partial charge is 0.266 e. The van der Waals surface area contributed by atoms with Crippen molar-refractivity contribution in [2.75, 3.05) is 0 Å². The standard InChI is InChI=1S/C10H7Cl2N2/c1-14-6-5-9(13-14)10-7(11)3-2-4-8(10)12/h2-5H,1H3. The molecule has 0 aliphatic heterocycles. The van der Waals surface area contributed by atoms with Gasteiger partial charge < -0.3 is 0 Å². The Balaban J connectivity index is 2.61. The molecule has 0 fully saturated rings. The minimum atomic E-state index is 0.601. The van der Waals surface area contributed by atoms with Crippen LogP contribution in [-0.4, -0.2) is 9.78 Å². The second-order valence-corrected chi connectivity index (χ2v) is 3.69. The number of hydrogen-bond donors (Lipinski definition) is 0. The molecular weight excluding hydrogens is 219 g/mol. The fourth-order valence-corrected chi connectivity index (χ4v) is 1.83. The van der Waals surface area contributed by atoms with E-state index in [0.29, 0.717) is 10.0 Å². The molecule has 1 radical (unpaired) electrons. The van der Waals surface area contributed by atoms with E-state index >= 15 is 0 Å². The van der Waals surface area contributed by atoms with E-state index in [2.05, 4.69) is 11.3 Å². The predicted octanol–water partition coefficient (Wildman–Crippen LogP) is 3.19. The lowest BCUT2D eigenvalue weighted by Gasteiger charge is -2.02. The summed E-state index contributed by atoms with van der Waals surface area (Å²) in [5.74, 6) is 0. The molecule has 0 saturated carbocycles. The van der Waals surface area contributed by atoms with E-state index in [9.17, 15) is 0 Å². The highest BCUT2D eigenvalue weighted by Crippen LogP contribution is 2.32. The third kappa shape index (κ3) is 1.63. The summed E-state index contributed by atoms with van der Waals surface area (Å²) in [6.45, 7) is 0. The summed E-state index contributed by atoms with van der Waals surface area (Å²) in [6, 6.07) is 7.14. The van der Waals surface area contributed by atoms with Gasteiger partial charge in [0.25, 0.3) is 0 Å². The molecule has 1 aromatic carbocycles. The van der Waals surface area contributed by atoms with Crippen molar-refractivity contribution >= 4 is 23.2 Å². The molecule has 2 rings (SSSR count). The van der Waals surface area contributed by atoms with Gasteiger partial charge in [0.15, 0.2) is 0 Å². The van der Waals surface area contributed by atoms with Gasteiger partial charge in [-0.15, -0.1) is 0 Å². The van der Waals surface area contributed by atoms with Gasteiger partial charge in [0.2, 0.25) is 0 Å². The lowest BCUT2D eigenvalue weighted by atomic mass is 10.1. The Morgan fingerprint density at radius 3 is 2.43 bits per heavy atom. The predicted molar refractivity (Wildman–Crippen MR) is 57.5 cm³/mol. The molecule has 1 aromatic heterocycles. The van der Waals surface area contributed by atoms with Crippen LogP contribution >= 0.6 is 23.2 Å². The number of benzene rings is 1. The van der Waals surface area contributed by atoms with Crippen molar-refractivity contribution in [1.29, 1.82) is 0 Å². The first-order valence-electron chi connectivity index (χ1n) is 4.04. The highest BCUT2D eigenvalue weighted by molar-refractivity contribution is 6.39. The van der Waals surface area contributed by atoms with Crippen LogP contribution in [0.4, 0.5) is 0 Å². The Hall–Kier alpha value is -0.990. The first kappa shape index (κ1) is 9.56. The van der Waals surface area contributed by atoms with Crippen molar-refractivity contribution in [3.63, 3.8) is 0 Å². The van der Waals surface area contributed by atoms with Gasteiger partial charge in [-0.3, -0.25) is 4.68 Å². The van der Waals surface area contributed by atoms with Gasteiger partial charge in [0.05, 0.1) is 21.9 Å². The number of nitrogens with zero attached hydrogens (tertiary/aromatic N) is 2. The number of hydrogen-bond acceptors (Lipinski definition) is 1. The van der Waals surface area contributed by atoms with E-state index < -0.39 is 0 Å². The Kier molecular flexibility index (Phi) is 2.48. The Morgan fingerprint density at radius 2 is 1.93 bits per heavy atom. The van der Waals surface area contributed by atoms with E-state index in [1.54, 1.807) is 36.0 Å². The zero-order chi connectivity index (χ0) is 10.1. The van der Waals surface area contributed by atoms with Crippen LogP contribution in [-0.2, 0) is 7.05 Å². The Labute approximate surface area is 92.1 Å². The van der Waals surface area contributed by atoms with Crippen LogP contribution < -0.4 is 0 Å². The number of aromatic nitrogens is 2. The molecule has 0 aliphatic rings. The van der Waals surface area contributed by atoms with Crippen LogP contribution in [0.3, 0.4) is 0 Å². The molecule has 0 bridgehead atoms. The van der Waals surface area contributed by atoms with Crippen molar-refractivity contribution < 1.29 is 0 Å². The van der Waals surface area contributed by atoms with Crippen molar-refractivity contribution in [2.24, 2.45) is 7.05 Å². The third-order valence-electron chi connectivity index (χ3n) is 1.86. The maximum absolute atomic E-state index is 6.03. The van der Waals surface area contributed by atoms with Crippen LogP contribution in [0.15, 0.2) is 24.3 Å². The molecule has 71 valence electrons. The molecule has 2 nitrogen and oxygen atoms in total. The average molecular weight is 226 g/mol. The van der Waals surface area contributed by atoms with Crippen LogP contribution in [0.2, 0.25) is 10.0 Å². The highest BCUT2D eigenvalue weighted by Gasteiger charge is 2.10. The van der Waals surface area contributed by atoms with Crippen molar-refractivity contribution in [3.8, 4) is 11.3 Å². The van der Waals surface area contributed by atoms with Crippen molar-refractivity contribution in [3.05, 3.63) is 40.5 Å². The summed E-state index contributed by atoms with van der Waals surface area (Å²) < 4.78 is 1.59. The Bertz CT molecular complexity index is 443. The highest BCUT2D eigenvalue weighted by atomic mass is 35.5. The molecular formula is C10H7Cl2N2. The number of aryl methyl sites for hydroxylation is 1. The summed E-state index contributed by atoms with van der Waals surface area (Å²) in [5.41, 5.74) is 1.50. The quantitative estimate of drug-likeness (QED) is 0.730. The minimum absolute atomic E-state index is 0.601. The monoisotopic (exact) mass is 225 g/mol. The van der Waals surface area contributed by atoms with Gasteiger partial charge in [-0.2, -0.15) is 5.10 Å². The van der Waals surface area contributed by atoms with Crippen LogP contribution in [0.5, 0.6) is 0 Å². The fourth-order valence-electron chi connectivity index (χ4n) is 1.24. The number of halogens is 2. The van der Waals surface area contributed by atoms with Crippen LogP contribution in [0.25, 0.3) is 11.3 Å². The van der Waals surface area contributed by atoms with E-state index in [0.717, 1.165) is 11.3 Å². The smallest absolute Gasteiger partial charge is 0.0960 e. The third-order valence-corrected chi connectivity index (χ3v) is 2.49. The molecule has 0 aliphatic carbocycles. The summed E-state index contributed by atoms with van der Waals surface area (Å²) in [4.78, 5) is 0. The van der Waals surface area contributed by atoms with E-state index in [1.807, 2.05) is 0 Å². The zero-order valence-electron chi connectivity index (χ0n) is 7.46. The summed E-state index contributed by atoms with van der Waals surface area (Å²) in [7, 11) is 1.80. The first-order chi connectivity index (χ1) is 6.68. The van der Waals surface area contributed by atoms with Crippen LogP contribution in [0, 0.1) is 6.20 Å². The van der Waals surface area contributed by atoms with Gasteiger partial charge in [0.1, 0.15) is 0 Å². The van der Waals surface area contributed by atoms with Gasteiger partial charge in [-0.1, -0.05) is 29.3 Å². The molecule has 0 unspecified atom stereocenters. The molecule has 0 atom stereocenters. The first-order valence-corrected chi connectivity index (χ1v) is 4.80. The average Bonchev–Trinajstić information content (AvgIpc) is 2.51. The van der Waals surface area contributed by atoms with E-state index in [-0.39, 0.29) is 0 Å². The van der Waals surface area contributed by atoms with E-state index in [4.69, 9.17) is 23.2 Å². The fraction of sp³-hybridized carbons (Fsp3) is 0.100. The van der Waals surface area contributed by atoms with Gasteiger partial charge in [-0.25, -0.2) is 0 Å². The lowest BCUT2D eigenvalue weighted by molar-refractivity contribution is 0.765. The Morgan fingerprint density at radius 1 is 1.29 bits per heavy atom. The second kappa shape index (κ2) is 3.64. The molecule has 0 spiro atoms. The number of rotatable bonds is 1. The second-order valence-electron chi connectivity index (χ2n) is 2.88. The zero-order valence-corrected chi connectivity index (χ0v) is 8.97. The van der Waals surface area contributed by atoms with Gasteiger partial charge in [0, 0.05) is 12.6 Å².